The Morgan fingerprint density at radius 2 is 2.06 bits per heavy atom. The zero-order chi connectivity index (χ0) is 12.5. The van der Waals surface area contributed by atoms with Gasteiger partial charge in [0.2, 0.25) is 5.95 Å². The Bertz CT molecular complexity index is 512. The van der Waals surface area contributed by atoms with Gasteiger partial charge in [-0.05, 0) is 11.8 Å². The third-order valence-corrected chi connectivity index (χ3v) is 3.41. The Labute approximate surface area is 102 Å². The minimum atomic E-state index is -4.53. The van der Waals surface area contributed by atoms with Crippen molar-refractivity contribution in [1.29, 1.82) is 0 Å². The predicted molar refractivity (Wildman–Crippen MR) is 57.7 cm³/mol. The van der Waals surface area contributed by atoms with Crippen molar-refractivity contribution < 1.29 is 13.2 Å². The highest BCUT2D eigenvalue weighted by atomic mass is 32.2. The zero-order valence-corrected chi connectivity index (χ0v) is 9.73. The molecular weight excluding hydrogens is 273 g/mol. The summed E-state index contributed by atoms with van der Waals surface area (Å²) in [6.45, 7) is 0. The van der Waals surface area contributed by atoms with Crippen LogP contribution in [0.25, 0.3) is 0 Å². The fourth-order valence-corrected chi connectivity index (χ4v) is 2.57. The van der Waals surface area contributed by atoms with Gasteiger partial charge in [-0.25, -0.2) is 15.0 Å². The zero-order valence-electron chi connectivity index (χ0n) is 8.10. The fourth-order valence-electron chi connectivity index (χ4n) is 0.991. The highest BCUT2D eigenvalue weighted by Gasteiger charge is 2.33. The smallest absolute Gasteiger partial charge is 0.368 e. The van der Waals surface area contributed by atoms with Crippen LogP contribution < -0.4 is 5.73 Å². The number of hydrogen-bond acceptors (Lipinski definition) is 6. The van der Waals surface area contributed by atoms with E-state index in [2.05, 4.69) is 15.0 Å². The summed E-state index contributed by atoms with van der Waals surface area (Å²) in [7, 11) is 0. The van der Waals surface area contributed by atoms with Gasteiger partial charge in [-0.15, -0.1) is 11.3 Å². The number of thiazole rings is 1. The highest BCUT2D eigenvalue weighted by Crippen LogP contribution is 2.33. The number of halogens is 3. The van der Waals surface area contributed by atoms with Crippen LogP contribution in [0.15, 0.2) is 27.0 Å². The Kier molecular flexibility index (Phi) is 3.20. The molecule has 2 rings (SSSR count). The molecule has 9 heteroatoms. The minimum Gasteiger partial charge on any atom is -0.368 e. The van der Waals surface area contributed by atoms with Crippen LogP contribution >= 0.6 is 23.1 Å². The van der Waals surface area contributed by atoms with Crippen LogP contribution in [-0.4, -0.2) is 15.0 Å². The van der Waals surface area contributed by atoms with Gasteiger partial charge in [0.25, 0.3) is 0 Å². The van der Waals surface area contributed by atoms with E-state index in [4.69, 9.17) is 5.73 Å². The third kappa shape index (κ3) is 3.07. The average molecular weight is 278 g/mol. The summed E-state index contributed by atoms with van der Waals surface area (Å²) in [5.41, 5.74) is 4.18. The van der Waals surface area contributed by atoms with Gasteiger partial charge in [0.1, 0.15) is 5.03 Å². The largest absolute Gasteiger partial charge is 0.433 e. The van der Waals surface area contributed by atoms with E-state index in [1.165, 1.54) is 11.3 Å². The summed E-state index contributed by atoms with van der Waals surface area (Å²) in [6.07, 6.45) is -2.97. The van der Waals surface area contributed by atoms with E-state index in [-0.39, 0.29) is 5.03 Å². The first-order valence-corrected chi connectivity index (χ1v) is 5.94. The number of anilines is 1. The van der Waals surface area contributed by atoms with E-state index >= 15 is 0 Å². The van der Waals surface area contributed by atoms with E-state index in [0.717, 1.165) is 17.8 Å². The number of nitrogens with zero attached hydrogens (tertiary/aromatic N) is 3. The first-order valence-electron chi connectivity index (χ1n) is 4.24. The first-order chi connectivity index (χ1) is 7.95. The van der Waals surface area contributed by atoms with Crippen molar-refractivity contribution in [1.82, 2.24) is 15.0 Å². The molecule has 0 amide bonds. The lowest BCUT2D eigenvalue weighted by atomic mass is 10.4. The molecule has 0 unspecified atom stereocenters. The maximum atomic E-state index is 12.5. The van der Waals surface area contributed by atoms with Gasteiger partial charge in [0.05, 0.1) is 0 Å². The molecule has 0 fully saturated rings. The number of nitrogen functional groups attached to an aromatic ring is 1. The molecule has 0 saturated carbocycles. The molecule has 2 aromatic heterocycles. The Hall–Kier alpha value is -1.35. The van der Waals surface area contributed by atoms with Gasteiger partial charge in [-0.2, -0.15) is 13.2 Å². The van der Waals surface area contributed by atoms with Gasteiger partial charge in [-0.3, -0.25) is 0 Å². The third-order valence-electron chi connectivity index (χ3n) is 1.61. The summed E-state index contributed by atoms with van der Waals surface area (Å²) in [5, 5.41) is 1.84. The lowest BCUT2D eigenvalue weighted by Crippen LogP contribution is -2.11. The lowest BCUT2D eigenvalue weighted by Gasteiger charge is -2.07. The molecule has 0 aromatic carbocycles. The molecule has 2 aromatic rings. The molecule has 0 saturated heterocycles. The molecule has 2 heterocycles. The molecule has 90 valence electrons. The van der Waals surface area contributed by atoms with Crippen LogP contribution in [0.2, 0.25) is 0 Å². The molecule has 0 aliphatic rings. The van der Waals surface area contributed by atoms with Crippen LogP contribution in [0, 0.1) is 0 Å². The highest BCUT2D eigenvalue weighted by molar-refractivity contribution is 8.01. The van der Waals surface area contributed by atoms with Crippen LogP contribution in [0.4, 0.5) is 19.1 Å². The van der Waals surface area contributed by atoms with E-state index in [0.29, 0.717) is 4.34 Å². The molecule has 2 N–H and O–H groups in total. The van der Waals surface area contributed by atoms with Gasteiger partial charge < -0.3 is 5.73 Å². The minimum absolute atomic E-state index is 0.125. The van der Waals surface area contributed by atoms with Gasteiger partial charge in [0.15, 0.2) is 10.0 Å². The van der Waals surface area contributed by atoms with Crippen molar-refractivity contribution in [2.45, 2.75) is 15.5 Å². The van der Waals surface area contributed by atoms with Crippen LogP contribution in [0.1, 0.15) is 5.69 Å². The number of aromatic nitrogens is 3. The average Bonchev–Trinajstić information content (AvgIpc) is 2.68. The van der Waals surface area contributed by atoms with Crippen molar-refractivity contribution in [2.75, 3.05) is 5.73 Å². The molecule has 0 aliphatic carbocycles. The van der Waals surface area contributed by atoms with Crippen molar-refractivity contribution in [3.05, 3.63) is 23.3 Å². The van der Waals surface area contributed by atoms with E-state index < -0.39 is 17.8 Å². The fraction of sp³-hybridized carbons (Fsp3) is 0.125. The maximum Gasteiger partial charge on any atom is 0.433 e. The number of alkyl halides is 3. The first kappa shape index (κ1) is 12.1. The molecule has 4 nitrogen and oxygen atoms in total. The van der Waals surface area contributed by atoms with E-state index in [9.17, 15) is 13.2 Å². The molecule has 0 bridgehead atoms. The second-order valence-electron chi connectivity index (χ2n) is 2.85. The van der Waals surface area contributed by atoms with E-state index in [1.54, 1.807) is 11.6 Å². The van der Waals surface area contributed by atoms with E-state index in [1.807, 2.05) is 0 Å². The Morgan fingerprint density at radius 1 is 1.29 bits per heavy atom. The molecule has 17 heavy (non-hydrogen) atoms. The molecule has 0 spiro atoms. The summed E-state index contributed by atoms with van der Waals surface area (Å²) in [4.78, 5) is 10.8. The topological polar surface area (TPSA) is 64.7 Å². The summed E-state index contributed by atoms with van der Waals surface area (Å²) in [6, 6.07) is 0.850. The standard InChI is InChI=1S/C8H5F3N4S2/c9-8(10,11)4-3-5(15-6(12)14-4)17-7-13-1-2-16-7/h1-3H,(H2,12,14,15). The molecule has 0 radical (unpaired) electrons. The van der Waals surface area contributed by atoms with Gasteiger partial charge in [0, 0.05) is 17.6 Å². The summed E-state index contributed by atoms with van der Waals surface area (Å²) < 4.78 is 38.0. The quantitative estimate of drug-likeness (QED) is 0.856. The predicted octanol–water partition coefficient (Wildman–Crippen LogP) is 2.69. The Balaban J connectivity index is 2.32. The van der Waals surface area contributed by atoms with Crippen molar-refractivity contribution in [3.8, 4) is 0 Å². The molecule has 0 atom stereocenters. The summed E-state index contributed by atoms with van der Waals surface area (Å²) in [5.74, 6) is -0.404. The van der Waals surface area contributed by atoms with Gasteiger partial charge in [-0.1, -0.05) is 0 Å². The molecular formula is C8H5F3N4S2. The monoisotopic (exact) mass is 278 g/mol. The van der Waals surface area contributed by atoms with Crippen LogP contribution in [0.5, 0.6) is 0 Å². The second-order valence-corrected chi connectivity index (χ2v) is 5.01. The Morgan fingerprint density at radius 3 is 2.65 bits per heavy atom. The second kappa shape index (κ2) is 4.49. The normalized spacial score (nSPS) is 11.7. The van der Waals surface area contributed by atoms with Crippen molar-refractivity contribution in [2.24, 2.45) is 0 Å². The lowest BCUT2D eigenvalue weighted by molar-refractivity contribution is -0.141. The number of nitrogens with two attached hydrogens (primary N) is 1. The van der Waals surface area contributed by atoms with Crippen molar-refractivity contribution >= 4 is 29.0 Å². The van der Waals surface area contributed by atoms with Crippen LogP contribution in [-0.2, 0) is 6.18 Å². The maximum absolute atomic E-state index is 12.5. The number of hydrogen-bond donors (Lipinski definition) is 1. The van der Waals surface area contributed by atoms with Gasteiger partial charge >= 0.3 is 6.18 Å². The summed E-state index contributed by atoms with van der Waals surface area (Å²) >= 11 is 2.32. The number of rotatable bonds is 2. The van der Waals surface area contributed by atoms with Crippen LogP contribution in [0.3, 0.4) is 0 Å². The van der Waals surface area contributed by atoms with Crippen molar-refractivity contribution in [3.63, 3.8) is 0 Å². The molecule has 0 aliphatic heterocycles. The SMILES string of the molecule is Nc1nc(Sc2nccs2)cc(C(F)(F)F)n1.